The molecule has 2 unspecified atom stereocenters. The van der Waals surface area contributed by atoms with Crippen LogP contribution in [0.5, 0.6) is 5.75 Å². The fourth-order valence-electron chi connectivity index (χ4n) is 4.97. The third-order valence-corrected chi connectivity index (χ3v) is 7.09. The second-order valence-corrected chi connectivity index (χ2v) is 10.1. The number of fused-ring (bicyclic) bond motifs is 1. The second-order valence-electron chi connectivity index (χ2n) is 10.1. The molecule has 1 N–H and O–H groups in total. The topological polar surface area (TPSA) is 41.6 Å². The number of rotatable bonds is 11. The first-order chi connectivity index (χ1) is 19.4. The summed E-state index contributed by atoms with van der Waals surface area (Å²) in [6, 6.07) is 16.3. The van der Waals surface area contributed by atoms with Crippen LogP contribution < -0.4 is 15.0 Å². The van der Waals surface area contributed by atoms with E-state index in [1.165, 1.54) is 4.90 Å². The molecule has 1 heterocycles. The molecule has 3 aromatic carbocycles. The number of amides is 1. The molecule has 3 aromatic rings. The van der Waals surface area contributed by atoms with E-state index in [1.54, 1.807) is 18.2 Å². The fraction of sp³-hybridized carbons (Fsp3) is 0.387. The fourth-order valence-corrected chi connectivity index (χ4v) is 4.97. The zero-order valence-corrected chi connectivity index (χ0v) is 22.8. The quantitative estimate of drug-likeness (QED) is 0.183. The molecule has 0 bridgehead atoms. The highest BCUT2D eigenvalue weighted by Crippen LogP contribution is 2.44. The molecule has 0 radical (unpaired) electrons. The Hall–Kier alpha value is -3.53. The Kier molecular flexibility index (Phi) is 9.31. The van der Waals surface area contributed by atoms with Crippen molar-refractivity contribution in [2.45, 2.75) is 77.1 Å². The van der Waals surface area contributed by atoms with E-state index in [9.17, 15) is 31.1 Å². The predicted molar refractivity (Wildman–Crippen MR) is 144 cm³/mol. The standard InChI is InChI=1S/C31H32F6N2O2/c1-3-5-11-26-25-13-12-24(41-28(4-2)38-18-20-9-7-6-8-10-20)17-27(25)39(29(26)40)19-21-14-22(30(32,33)34)16-23(15-21)31(35,36)37/h6-10,12-17,26,28,38H,3-5,11,18-19H2,1-2H3. The highest BCUT2D eigenvalue weighted by atomic mass is 19.4. The van der Waals surface area contributed by atoms with Crippen LogP contribution in [0.15, 0.2) is 66.7 Å². The van der Waals surface area contributed by atoms with Gasteiger partial charge in [0.1, 0.15) is 12.0 Å². The SMILES string of the molecule is CCCCC1C(=O)N(Cc2cc(C(F)(F)F)cc(C(F)(F)F)c2)c2cc(OC(CC)NCc3ccccc3)ccc21. The normalized spacial score (nSPS) is 16.1. The van der Waals surface area contributed by atoms with Gasteiger partial charge in [-0.1, -0.05) is 63.1 Å². The third kappa shape index (κ3) is 7.41. The molecular formula is C31H32F6N2O2. The van der Waals surface area contributed by atoms with Crippen LogP contribution in [0.3, 0.4) is 0 Å². The summed E-state index contributed by atoms with van der Waals surface area (Å²) in [5, 5.41) is 3.32. The van der Waals surface area contributed by atoms with Gasteiger partial charge in [0.2, 0.25) is 5.91 Å². The van der Waals surface area contributed by atoms with E-state index >= 15 is 0 Å². The first kappa shape index (κ1) is 30.4. The van der Waals surface area contributed by atoms with Crippen LogP contribution in [0.2, 0.25) is 0 Å². The highest BCUT2D eigenvalue weighted by Gasteiger charge is 2.40. The highest BCUT2D eigenvalue weighted by molar-refractivity contribution is 6.05. The first-order valence-electron chi connectivity index (χ1n) is 13.6. The summed E-state index contributed by atoms with van der Waals surface area (Å²) >= 11 is 0. The van der Waals surface area contributed by atoms with Gasteiger partial charge in [-0.2, -0.15) is 26.3 Å². The number of carbonyl (C=O) groups is 1. The molecule has 1 aliphatic rings. The van der Waals surface area contributed by atoms with E-state index in [1.807, 2.05) is 44.2 Å². The molecule has 1 amide bonds. The van der Waals surface area contributed by atoms with Crippen molar-refractivity contribution in [3.8, 4) is 5.75 Å². The zero-order chi connectivity index (χ0) is 29.8. The van der Waals surface area contributed by atoms with Crippen molar-refractivity contribution in [3.63, 3.8) is 0 Å². The molecule has 0 fully saturated rings. The summed E-state index contributed by atoms with van der Waals surface area (Å²) in [6.07, 6.45) is -7.61. The molecule has 0 spiro atoms. The maximum Gasteiger partial charge on any atom is 0.416 e. The molecule has 4 rings (SSSR count). The van der Waals surface area contributed by atoms with Crippen LogP contribution >= 0.6 is 0 Å². The summed E-state index contributed by atoms with van der Waals surface area (Å²) in [4.78, 5) is 14.8. The van der Waals surface area contributed by atoms with Crippen LogP contribution in [0.1, 0.15) is 73.3 Å². The van der Waals surface area contributed by atoms with E-state index in [-0.39, 0.29) is 23.8 Å². The number of carbonyl (C=O) groups excluding carboxylic acids is 1. The smallest absolute Gasteiger partial charge is 0.416 e. The molecule has 41 heavy (non-hydrogen) atoms. The van der Waals surface area contributed by atoms with Crippen LogP contribution in [0.25, 0.3) is 0 Å². The summed E-state index contributed by atoms with van der Waals surface area (Å²) in [6.45, 7) is 4.04. The second kappa shape index (κ2) is 12.5. The summed E-state index contributed by atoms with van der Waals surface area (Å²) in [7, 11) is 0. The molecule has 0 aromatic heterocycles. The number of alkyl halides is 6. The van der Waals surface area contributed by atoms with Gasteiger partial charge in [0, 0.05) is 12.6 Å². The van der Waals surface area contributed by atoms with Gasteiger partial charge in [-0.25, -0.2) is 0 Å². The number of benzene rings is 3. The predicted octanol–water partition coefficient (Wildman–Crippen LogP) is 8.45. The Morgan fingerprint density at radius 2 is 1.54 bits per heavy atom. The number of ether oxygens (including phenoxy) is 1. The van der Waals surface area contributed by atoms with Crippen LogP contribution in [0.4, 0.5) is 32.0 Å². The number of hydrogen-bond acceptors (Lipinski definition) is 3. The Balaban J connectivity index is 1.64. The average Bonchev–Trinajstić information content (AvgIpc) is 3.18. The molecule has 4 nitrogen and oxygen atoms in total. The molecule has 0 saturated heterocycles. The van der Waals surface area contributed by atoms with E-state index in [2.05, 4.69) is 5.32 Å². The van der Waals surface area contributed by atoms with Crippen LogP contribution in [-0.4, -0.2) is 12.1 Å². The monoisotopic (exact) mass is 578 g/mol. The number of halogens is 6. The Morgan fingerprint density at radius 3 is 2.12 bits per heavy atom. The molecule has 1 aliphatic heterocycles. The van der Waals surface area contributed by atoms with E-state index in [4.69, 9.17) is 4.74 Å². The van der Waals surface area contributed by atoms with Crippen molar-refractivity contribution < 1.29 is 35.9 Å². The van der Waals surface area contributed by atoms with Crippen molar-refractivity contribution in [1.29, 1.82) is 0 Å². The van der Waals surface area contributed by atoms with E-state index in [0.29, 0.717) is 48.5 Å². The van der Waals surface area contributed by atoms with Gasteiger partial charge in [-0.15, -0.1) is 0 Å². The zero-order valence-electron chi connectivity index (χ0n) is 22.8. The lowest BCUT2D eigenvalue weighted by Gasteiger charge is -2.22. The molecule has 10 heteroatoms. The van der Waals surface area contributed by atoms with Gasteiger partial charge in [0.15, 0.2) is 0 Å². The lowest BCUT2D eigenvalue weighted by molar-refractivity contribution is -0.143. The Labute approximate surface area is 235 Å². The van der Waals surface area contributed by atoms with Gasteiger partial charge >= 0.3 is 12.4 Å². The van der Waals surface area contributed by atoms with Crippen molar-refractivity contribution >= 4 is 11.6 Å². The van der Waals surface area contributed by atoms with Crippen LogP contribution in [0, 0.1) is 0 Å². The molecule has 220 valence electrons. The number of nitrogens with zero attached hydrogens (tertiary/aromatic N) is 1. The van der Waals surface area contributed by atoms with Gasteiger partial charge in [-0.05, 0) is 53.8 Å². The van der Waals surface area contributed by atoms with Crippen molar-refractivity contribution in [2.75, 3.05) is 4.90 Å². The van der Waals surface area contributed by atoms with Gasteiger partial charge in [0.25, 0.3) is 0 Å². The minimum atomic E-state index is -4.98. The third-order valence-electron chi connectivity index (χ3n) is 7.09. The molecule has 0 saturated carbocycles. The van der Waals surface area contributed by atoms with E-state index < -0.39 is 35.9 Å². The van der Waals surface area contributed by atoms with Crippen molar-refractivity contribution in [3.05, 3.63) is 94.5 Å². The lowest BCUT2D eigenvalue weighted by Crippen LogP contribution is -2.33. The average molecular weight is 579 g/mol. The lowest BCUT2D eigenvalue weighted by atomic mass is 9.95. The maximum absolute atomic E-state index is 13.5. The molecule has 0 aliphatic carbocycles. The number of nitrogens with one attached hydrogen (secondary N) is 1. The summed E-state index contributed by atoms with van der Waals surface area (Å²) in [5.41, 5.74) is -0.905. The van der Waals surface area contributed by atoms with Gasteiger partial charge in [-0.3, -0.25) is 10.1 Å². The van der Waals surface area contributed by atoms with Crippen molar-refractivity contribution in [2.24, 2.45) is 0 Å². The van der Waals surface area contributed by atoms with Crippen LogP contribution in [-0.2, 0) is 30.2 Å². The van der Waals surface area contributed by atoms with Crippen molar-refractivity contribution in [1.82, 2.24) is 5.32 Å². The molecular weight excluding hydrogens is 546 g/mol. The minimum Gasteiger partial charge on any atom is -0.475 e. The Bertz CT molecular complexity index is 1310. The first-order valence-corrected chi connectivity index (χ1v) is 13.6. The Morgan fingerprint density at radius 1 is 0.878 bits per heavy atom. The summed E-state index contributed by atoms with van der Waals surface area (Å²) < 4.78 is 87.0. The molecule has 2 atom stereocenters. The van der Waals surface area contributed by atoms with Gasteiger partial charge < -0.3 is 9.64 Å². The summed E-state index contributed by atoms with van der Waals surface area (Å²) in [5.74, 6) is -0.457. The number of unbranched alkanes of at least 4 members (excludes halogenated alkanes) is 1. The number of anilines is 1. The minimum absolute atomic E-state index is 0.0899. The maximum atomic E-state index is 13.5. The van der Waals surface area contributed by atoms with Gasteiger partial charge in [0.05, 0.1) is 29.3 Å². The number of hydrogen-bond donors (Lipinski definition) is 1. The van der Waals surface area contributed by atoms with E-state index in [0.717, 1.165) is 18.4 Å². The largest absolute Gasteiger partial charge is 0.475 e.